The van der Waals surface area contributed by atoms with Crippen molar-refractivity contribution >= 4 is 32.3 Å². The van der Waals surface area contributed by atoms with E-state index in [9.17, 15) is 10.2 Å². The van der Waals surface area contributed by atoms with Gasteiger partial charge in [-0.2, -0.15) is 0 Å². The Morgan fingerprint density at radius 3 is 0.746 bits per heavy atom. The maximum absolute atomic E-state index is 13.6. The Morgan fingerprint density at radius 2 is 0.576 bits per heavy atom. The molecule has 8 heteroatoms. The maximum atomic E-state index is 13.6. The second kappa shape index (κ2) is 17.1. The lowest BCUT2D eigenvalue weighted by Crippen LogP contribution is -2.55. The van der Waals surface area contributed by atoms with Gasteiger partial charge in [-0.05, 0) is 84.6 Å². The van der Waals surface area contributed by atoms with E-state index >= 15 is 0 Å². The summed E-state index contributed by atoms with van der Waals surface area (Å²) in [5, 5.41) is 27.2. The molecule has 0 radical (unpaired) electrons. The zero-order valence-electron chi connectivity index (χ0n) is 37.6. The normalized spacial score (nSPS) is 16.9. The molecule has 0 aliphatic carbocycles. The fraction of sp³-hybridized carbons (Fsp3) is 0.373. The van der Waals surface area contributed by atoms with Crippen molar-refractivity contribution in [3.05, 3.63) is 142 Å². The van der Waals surface area contributed by atoms with Crippen molar-refractivity contribution in [3.8, 4) is 45.9 Å². The summed E-state index contributed by atoms with van der Waals surface area (Å²) in [7, 11) is -6.51. The van der Waals surface area contributed by atoms with Crippen LogP contribution < -0.4 is 0 Å². The van der Waals surface area contributed by atoms with Gasteiger partial charge in [0, 0.05) is 22.3 Å². The Balaban J connectivity index is 1.75. The largest absolute Gasteiger partial charge is 0.378 e. The second-order valence-corrected chi connectivity index (χ2v) is 39.3. The smallest absolute Gasteiger partial charge is 0.164 e. The summed E-state index contributed by atoms with van der Waals surface area (Å²) in [6.07, 6.45) is -2.20. The molecular formula is C51H62O4Si4. The van der Waals surface area contributed by atoms with Gasteiger partial charge in [-0.1, -0.05) is 151 Å². The highest BCUT2D eigenvalue weighted by Crippen LogP contribution is 2.50. The molecule has 1 saturated heterocycles. The van der Waals surface area contributed by atoms with E-state index in [1.807, 2.05) is 111 Å². The predicted octanol–water partition coefficient (Wildman–Crippen LogP) is 10.3. The van der Waals surface area contributed by atoms with E-state index in [0.29, 0.717) is 22.3 Å². The van der Waals surface area contributed by atoms with Crippen molar-refractivity contribution < 1.29 is 19.7 Å². The van der Waals surface area contributed by atoms with Gasteiger partial charge in [0.1, 0.15) is 55.7 Å². The SMILES string of the molecule is CC1(C)O[C@@H](C(O)(c2ccc(C#C[Si](C)(C)C)cc2)c2ccc(C#C[Si](C)(C)C)cc2)[C@H](C(O)(c2ccc(C#C[Si](C)(C)C)cc2)c2ccc(C#C[Si](C)(C)C)cc2)O1. The van der Waals surface area contributed by atoms with E-state index in [0.717, 1.165) is 22.3 Å². The first-order valence-electron chi connectivity index (χ1n) is 20.5. The molecule has 4 aromatic carbocycles. The molecule has 1 fully saturated rings. The van der Waals surface area contributed by atoms with E-state index in [1.165, 1.54) is 0 Å². The van der Waals surface area contributed by atoms with Crippen LogP contribution in [0.1, 0.15) is 58.4 Å². The molecule has 59 heavy (non-hydrogen) atoms. The molecule has 0 aromatic heterocycles. The number of hydrogen-bond donors (Lipinski definition) is 2. The number of ether oxygens (including phenoxy) is 2. The molecule has 0 amide bonds. The highest BCUT2D eigenvalue weighted by Gasteiger charge is 2.61. The number of aliphatic hydroxyl groups is 2. The van der Waals surface area contributed by atoms with Crippen LogP contribution in [0, 0.1) is 45.9 Å². The molecule has 4 aromatic rings. The lowest BCUT2D eigenvalue weighted by Gasteiger charge is -2.42. The van der Waals surface area contributed by atoms with Gasteiger partial charge in [-0.25, -0.2) is 0 Å². The first-order valence-corrected chi connectivity index (χ1v) is 34.5. The van der Waals surface area contributed by atoms with Crippen LogP contribution in [0.4, 0.5) is 0 Å². The first-order chi connectivity index (χ1) is 27.2. The molecule has 0 unspecified atom stereocenters. The van der Waals surface area contributed by atoms with Crippen molar-refractivity contribution in [1.29, 1.82) is 0 Å². The Kier molecular flexibility index (Phi) is 13.3. The van der Waals surface area contributed by atoms with Crippen molar-refractivity contribution in [2.24, 2.45) is 0 Å². The summed E-state index contributed by atoms with van der Waals surface area (Å²) in [6, 6.07) is 30.9. The molecule has 2 N–H and O–H groups in total. The number of rotatable bonds is 6. The Labute approximate surface area is 359 Å². The summed E-state index contributed by atoms with van der Waals surface area (Å²) in [6.45, 7) is 30.3. The first kappa shape index (κ1) is 45.9. The highest BCUT2D eigenvalue weighted by molar-refractivity contribution is 6.85. The fourth-order valence-corrected chi connectivity index (χ4v) is 8.71. The molecular weight excluding hydrogens is 789 g/mol. The molecule has 0 spiro atoms. The van der Waals surface area contributed by atoms with Gasteiger partial charge in [0.05, 0.1) is 0 Å². The van der Waals surface area contributed by atoms with Gasteiger partial charge < -0.3 is 19.7 Å². The minimum Gasteiger partial charge on any atom is -0.378 e. The van der Waals surface area contributed by atoms with E-state index in [2.05, 4.69) is 124 Å². The topological polar surface area (TPSA) is 58.9 Å². The van der Waals surface area contributed by atoms with Crippen LogP contribution in [0.15, 0.2) is 97.1 Å². The number of benzene rings is 4. The Morgan fingerprint density at radius 1 is 0.390 bits per heavy atom. The van der Waals surface area contributed by atoms with Gasteiger partial charge in [0.2, 0.25) is 0 Å². The standard InChI is InChI=1S/C51H62O4Si4/c1-49(2)54-47(50(52,43-23-15-39(16-24-43)31-35-56(3,4)5)44-25-17-40(18-26-44)32-36-57(6,7)8)48(55-49)51(53,45-27-19-41(20-28-45)33-37-58(9,10)11)46-29-21-42(22-30-46)34-38-59(12,13)14/h15-30,47-48,52-53H,1-14H3/t47-,48-/m1/s1. The second-order valence-electron chi connectivity index (χ2n) is 20.3. The molecule has 4 nitrogen and oxygen atoms in total. The quantitative estimate of drug-likeness (QED) is 0.150. The van der Waals surface area contributed by atoms with Crippen LogP contribution in [0.5, 0.6) is 0 Å². The van der Waals surface area contributed by atoms with Crippen molar-refractivity contribution in [1.82, 2.24) is 0 Å². The highest BCUT2D eigenvalue weighted by atomic mass is 28.3. The molecule has 306 valence electrons. The van der Waals surface area contributed by atoms with Crippen LogP contribution in [0.2, 0.25) is 78.6 Å². The lowest BCUT2D eigenvalue weighted by molar-refractivity contribution is -0.172. The monoisotopic (exact) mass is 850 g/mol. The van der Waals surface area contributed by atoms with Gasteiger partial charge >= 0.3 is 0 Å². The minimum absolute atomic E-state index is 0.588. The van der Waals surface area contributed by atoms with Crippen LogP contribution in [-0.2, 0) is 20.7 Å². The van der Waals surface area contributed by atoms with E-state index < -0.39 is 61.5 Å². The van der Waals surface area contributed by atoms with Crippen LogP contribution in [0.3, 0.4) is 0 Å². The average molecular weight is 851 g/mol. The summed E-state index contributed by atoms with van der Waals surface area (Å²) < 4.78 is 13.7. The average Bonchev–Trinajstić information content (AvgIpc) is 3.49. The summed E-state index contributed by atoms with van der Waals surface area (Å²) in [4.78, 5) is 0. The molecule has 2 atom stereocenters. The third kappa shape index (κ3) is 12.0. The molecule has 0 bridgehead atoms. The zero-order valence-corrected chi connectivity index (χ0v) is 41.6. The van der Waals surface area contributed by atoms with Gasteiger partial charge in [-0.3, -0.25) is 0 Å². The van der Waals surface area contributed by atoms with E-state index in [-0.39, 0.29) is 0 Å². The summed E-state index contributed by atoms with van der Waals surface area (Å²) in [5.74, 6) is 12.2. The van der Waals surface area contributed by atoms with Gasteiger partial charge in [0.15, 0.2) is 5.79 Å². The third-order valence-corrected chi connectivity index (χ3v) is 13.0. The van der Waals surface area contributed by atoms with Gasteiger partial charge in [-0.15, -0.1) is 22.2 Å². The van der Waals surface area contributed by atoms with Crippen LogP contribution >= 0.6 is 0 Å². The molecule has 1 aliphatic rings. The maximum Gasteiger partial charge on any atom is 0.164 e. The predicted molar refractivity (Wildman–Crippen MR) is 256 cm³/mol. The fourth-order valence-electron chi connectivity index (χ4n) is 6.63. The van der Waals surface area contributed by atoms with E-state index in [4.69, 9.17) is 9.47 Å². The molecule has 1 heterocycles. The molecule has 5 rings (SSSR count). The van der Waals surface area contributed by atoms with Crippen molar-refractivity contribution in [2.75, 3.05) is 0 Å². The zero-order chi connectivity index (χ0) is 43.7. The van der Waals surface area contributed by atoms with E-state index in [1.54, 1.807) is 0 Å². The van der Waals surface area contributed by atoms with Crippen molar-refractivity contribution in [3.63, 3.8) is 0 Å². The Bertz CT molecular complexity index is 2060. The van der Waals surface area contributed by atoms with Crippen LogP contribution in [0.25, 0.3) is 0 Å². The summed E-state index contributed by atoms with van der Waals surface area (Å²) in [5.41, 5.74) is 16.0. The van der Waals surface area contributed by atoms with Crippen molar-refractivity contribution in [2.45, 2.75) is 122 Å². The third-order valence-electron chi connectivity index (χ3n) is 9.55. The number of hydrogen-bond acceptors (Lipinski definition) is 4. The lowest BCUT2D eigenvalue weighted by atomic mass is 9.71. The molecule has 0 saturated carbocycles. The van der Waals surface area contributed by atoms with Gasteiger partial charge in [0.25, 0.3) is 0 Å². The summed E-state index contributed by atoms with van der Waals surface area (Å²) >= 11 is 0. The Hall–Kier alpha value is -4.17. The van der Waals surface area contributed by atoms with Crippen LogP contribution in [-0.4, -0.2) is 60.5 Å². The molecule has 1 aliphatic heterocycles. The minimum atomic E-state index is -1.80.